The third-order valence-electron chi connectivity index (χ3n) is 2.30. The van der Waals surface area contributed by atoms with E-state index in [0.717, 1.165) is 16.3 Å². The predicted octanol–water partition coefficient (Wildman–Crippen LogP) is 4.07. The van der Waals surface area contributed by atoms with Crippen LogP contribution in [0.3, 0.4) is 0 Å². The van der Waals surface area contributed by atoms with Gasteiger partial charge in [0.15, 0.2) is 0 Å². The van der Waals surface area contributed by atoms with Crippen LogP contribution in [0, 0.1) is 6.92 Å². The van der Waals surface area contributed by atoms with Gasteiger partial charge in [-0.15, -0.1) is 11.3 Å². The normalized spacial score (nSPS) is 10.9. The van der Waals surface area contributed by atoms with Crippen LogP contribution in [0.2, 0.25) is 0 Å². The third kappa shape index (κ3) is 3.17. The number of thiazole rings is 1. The van der Waals surface area contributed by atoms with Crippen molar-refractivity contribution in [3.63, 3.8) is 0 Å². The van der Waals surface area contributed by atoms with Gasteiger partial charge < -0.3 is 4.74 Å². The van der Waals surface area contributed by atoms with Crippen molar-refractivity contribution < 1.29 is 4.74 Å². The van der Waals surface area contributed by atoms with Crippen molar-refractivity contribution in [3.8, 4) is 16.3 Å². The van der Waals surface area contributed by atoms with Crippen LogP contribution in [-0.4, -0.2) is 11.6 Å². The van der Waals surface area contributed by atoms with Gasteiger partial charge in [0.05, 0.1) is 0 Å². The molecule has 0 aliphatic carbocycles. The summed E-state index contributed by atoms with van der Waals surface area (Å²) in [6.07, 6.45) is 5.86. The Balaban J connectivity index is 2.07. The van der Waals surface area contributed by atoms with E-state index in [2.05, 4.69) is 11.9 Å². The quantitative estimate of drug-likeness (QED) is 0.757. The van der Waals surface area contributed by atoms with Crippen molar-refractivity contribution in [1.29, 1.82) is 0 Å². The molecule has 88 valence electrons. The minimum Gasteiger partial charge on any atom is -0.490 e. The van der Waals surface area contributed by atoms with Crippen LogP contribution < -0.4 is 4.74 Å². The molecule has 0 radical (unpaired) electrons. The minimum absolute atomic E-state index is 0.617. The molecule has 1 heterocycles. The third-order valence-corrected chi connectivity index (χ3v) is 3.27. The minimum atomic E-state index is 0.617. The maximum Gasteiger partial charge on any atom is 0.123 e. The molecule has 0 aliphatic rings. The highest BCUT2D eigenvalue weighted by Gasteiger charge is 2.02. The summed E-state index contributed by atoms with van der Waals surface area (Å²) in [5.74, 6) is 0.889. The van der Waals surface area contributed by atoms with E-state index in [-0.39, 0.29) is 0 Å². The second-order valence-corrected chi connectivity index (χ2v) is 4.92. The number of benzene rings is 1. The summed E-state index contributed by atoms with van der Waals surface area (Å²) in [5.41, 5.74) is 1.14. The summed E-state index contributed by atoms with van der Waals surface area (Å²) in [6, 6.07) is 8.05. The van der Waals surface area contributed by atoms with Gasteiger partial charge in [-0.2, -0.15) is 0 Å². The molecular weight excluding hydrogens is 230 g/mol. The average molecular weight is 245 g/mol. The lowest BCUT2D eigenvalue weighted by atomic mass is 10.2. The lowest BCUT2D eigenvalue weighted by molar-refractivity contribution is 0.363. The van der Waals surface area contributed by atoms with Crippen LogP contribution in [0.15, 0.2) is 42.6 Å². The van der Waals surface area contributed by atoms with E-state index in [1.807, 2.05) is 49.5 Å². The average Bonchev–Trinajstić information content (AvgIpc) is 2.77. The molecule has 0 unspecified atom stereocenters. The molecule has 0 aliphatic heterocycles. The van der Waals surface area contributed by atoms with E-state index in [1.54, 1.807) is 11.3 Å². The number of allylic oxidation sites excluding steroid dienone is 1. The second-order valence-electron chi connectivity index (χ2n) is 3.68. The molecule has 0 fully saturated rings. The topological polar surface area (TPSA) is 22.1 Å². The van der Waals surface area contributed by atoms with E-state index >= 15 is 0 Å². The van der Waals surface area contributed by atoms with Gasteiger partial charge in [0, 0.05) is 16.6 Å². The zero-order valence-electron chi connectivity index (χ0n) is 10.0. The molecule has 2 aromatic rings. The molecule has 0 saturated heterocycles. The standard InChI is InChI=1S/C14H15NOS/c1-3-4-9-16-13-7-5-12(6-8-13)14-15-10-11(2)17-14/h3-8,10H,9H2,1-2H3/b4-3+. The molecule has 1 aromatic heterocycles. The monoisotopic (exact) mass is 245 g/mol. The zero-order chi connectivity index (χ0) is 12.1. The summed E-state index contributed by atoms with van der Waals surface area (Å²) >= 11 is 1.71. The molecule has 1 aromatic carbocycles. The lowest BCUT2D eigenvalue weighted by Gasteiger charge is -2.03. The van der Waals surface area contributed by atoms with Gasteiger partial charge >= 0.3 is 0 Å². The van der Waals surface area contributed by atoms with Crippen molar-refractivity contribution in [2.24, 2.45) is 0 Å². The predicted molar refractivity (Wildman–Crippen MR) is 72.6 cm³/mol. The van der Waals surface area contributed by atoms with E-state index in [0.29, 0.717) is 6.61 Å². The smallest absolute Gasteiger partial charge is 0.123 e. The Bertz CT molecular complexity index is 499. The second kappa shape index (κ2) is 5.64. The Kier molecular flexibility index (Phi) is 3.94. The molecule has 0 atom stereocenters. The molecule has 0 bridgehead atoms. The highest BCUT2D eigenvalue weighted by molar-refractivity contribution is 7.14. The van der Waals surface area contributed by atoms with Gasteiger partial charge in [-0.25, -0.2) is 4.98 Å². The first-order valence-corrected chi connectivity index (χ1v) is 6.38. The Hall–Kier alpha value is -1.61. The molecule has 0 N–H and O–H groups in total. The van der Waals surface area contributed by atoms with E-state index in [4.69, 9.17) is 4.74 Å². The fourth-order valence-electron chi connectivity index (χ4n) is 1.42. The Morgan fingerprint density at radius 3 is 2.65 bits per heavy atom. The van der Waals surface area contributed by atoms with Crippen LogP contribution in [0.25, 0.3) is 10.6 Å². The van der Waals surface area contributed by atoms with Crippen LogP contribution >= 0.6 is 11.3 Å². The Morgan fingerprint density at radius 2 is 2.06 bits per heavy atom. The van der Waals surface area contributed by atoms with Crippen LogP contribution in [0.4, 0.5) is 0 Å². The van der Waals surface area contributed by atoms with Gasteiger partial charge in [-0.3, -0.25) is 0 Å². The van der Waals surface area contributed by atoms with Gasteiger partial charge in [-0.05, 0) is 38.1 Å². The molecule has 2 rings (SSSR count). The van der Waals surface area contributed by atoms with Crippen molar-refractivity contribution in [2.75, 3.05) is 6.61 Å². The largest absolute Gasteiger partial charge is 0.490 e. The van der Waals surface area contributed by atoms with Crippen molar-refractivity contribution >= 4 is 11.3 Å². The molecular formula is C14H15NOS. The van der Waals surface area contributed by atoms with E-state index < -0.39 is 0 Å². The Labute approximate surface area is 106 Å². The van der Waals surface area contributed by atoms with Gasteiger partial charge in [0.2, 0.25) is 0 Å². The van der Waals surface area contributed by atoms with Crippen molar-refractivity contribution in [3.05, 3.63) is 47.5 Å². The molecule has 0 amide bonds. The number of aromatic nitrogens is 1. The summed E-state index contributed by atoms with van der Waals surface area (Å²) in [4.78, 5) is 5.59. The van der Waals surface area contributed by atoms with E-state index in [1.165, 1.54) is 4.88 Å². The fraction of sp³-hybridized carbons (Fsp3) is 0.214. The molecule has 3 heteroatoms. The van der Waals surface area contributed by atoms with Gasteiger partial charge in [0.1, 0.15) is 17.4 Å². The van der Waals surface area contributed by atoms with Crippen LogP contribution in [0.1, 0.15) is 11.8 Å². The Morgan fingerprint density at radius 1 is 1.29 bits per heavy atom. The summed E-state index contributed by atoms with van der Waals surface area (Å²) in [7, 11) is 0. The van der Waals surface area contributed by atoms with Crippen LogP contribution in [-0.2, 0) is 0 Å². The van der Waals surface area contributed by atoms with Gasteiger partial charge in [-0.1, -0.05) is 12.2 Å². The molecule has 0 saturated carbocycles. The molecule has 0 spiro atoms. The fourth-order valence-corrected chi connectivity index (χ4v) is 2.19. The number of ether oxygens (including phenoxy) is 1. The maximum atomic E-state index is 5.54. The first kappa shape index (κ1) is 11.9. The lowest BCUT2D eigenvalue weighted by Crippen LogP contribution is -1.92. The molecule has 2 nitrogen and oxygen atoms in total. The first-order chi connectivity index (χ1) is 8.29. The number of hydrogen-bond donors (Lipinski definition) is 0. The molecule has 17 heavy (non-hydrogen) atoms. The number of nitrogens with zero attached hydrogens (tertiary/aromatic N) is 1. The highest BCUT2D eigenvalue weighted by Crippen LogP contribution is 2.26. The highest BCUT2D eigenvalue weighted by atomic mass is 32.1. The summed E-state index contributed by atoms with van der Waals surface area (Å²) in [5, 5.41) is 1.06. The first-order valence-electron chi connectivity index (χ1n) is 5.56. The van der Waals surface area contributed by atoms with Crippen molar-refractivity contribution in [1.82, 2.24) is 4.98 Å². The van der Waals surface area contributed by atoms with Crippen molar-refractivity contribution in [2.45, 2.75) is 13.8 Å². The summed E-state index contributed by atoms with van der Waals surface area (Å²) < 4.78 is 5.54. The number of aryl methyl sites for hydroxylation is 1. The van der Waals surface area contributed by atoms with E-state index in [9.17, 15) is 0 Å². The summed E-state index contributed by atoms with van der Waals surface area (Å²) in [6.45, 7) is 4.67. The number of rotatable bonds is 4. The maximum absolute atomic E-state index is 5.54. The number of hydrogen-bond acceptors (Lipinski definition) is 3. The zero-order valence-corrected chi connectivity index (χ0v) is 10.8. The SMILES string of the molecule is C/C=C/COc1ccc(-c2ncc(C)s2)cc1. The van der Waals surface area contributed by atoms with Crippen LogP contribution in [0.5, 0.6) is 5.75 Å². The van der Waals surface area contributed by atoms with Gasteiger partial charge in [0.25, 0.3) is 0 Å².